The first-order valence-electron chi connectivity index (χ1n) is 6.18. The highest BCUT2D eigenvalue weighted by Crippen LogP contribution is 2.07. The van der Waals surface area contributed by atoms with E-state index in [0.717, 1.165) is 6.42 Å². The largest absolute Gasteiger partial charge is 0.480 e. The summed E-state index contributed by atoms with van der Waals surface area (Å²) in [5.74, 6) is -0.680. The van der Waals surface area contributed by atoms with Gasteiger partial charge in [-0.15, -0.1) is 0 Å². The molecule has 0 bridgehead atoms. The van der Waals surface area contributed by atoms with Crippen molar-refractivity contribution in [2.45, 2.75) is 33.2 Å². The van der Waals surface area contributed by atoms with Crippen LogP contribution >= 0.6 is 0 Å². The molecule has 0 aliphatic heterocycles. The van der Waals surface area contributed by atoms with Crippen molar-refractivity contribution in [3.8, 4) is 0 Å². The number of rotatable bonds is 8. The zero-order valence-electron chi connectivity index (χ0n) is 11.6. The number of hydrogen-bond acceptors (Lipinski definition) is 3. The third-order valence-corrected chi connectivity index (χ3v) is 3.03. The fourth-order valence-electron chi connectivity index (χ4n) is 1.40. The molecule has 0 rings (SSSR count). The molecule has 2 amide bonds. The summed E-state index contributed by atoms with van der Waals surface area (Å²) in [4.78, 5) is 23.8. The Morgan fingerprint density at radius 3 is 2.44 bits per heavy atom. The predicted molar refractivity (Wildman–Crippen MR) is 68.5 cm³/mol. The fourth-order valence-corrected chi connectivity index (χ4v) is 1.40. The zero-order chi connectivity index (χ0) is 14.1. The van der Waals surface area contributed by atoms with Gasteiger partial charge in [-0.1, -0.05) is 20.3 Å². The van der Waals surface area contributed by atoms with E-state index in [9.17, 15) is 9.59 Å². The number of urea groups is 1. The van der Waals surface area contributed by atoms with Crippen molar-refractivity contribution in [2.75, 3.05) is 26.8 Å². The molecule has 0 saturated carbocycles. The van der Waals surface area contributed by atoms with E-state index in [4.69, 9.17) is 9.84 Å². The van der Waals surface area contributed by atoms with Crippen LogP contribution < -0.4 is 5.32 Å². The first-order valence-corrected chi connectivity index (χ1v) is 6.18. The molecule has 0 aliphatic rings. The Morgan fingerprint density at radius 1 is 1.39 bits per heavy atom. The van der Waals surface area contributed by atoms with Crippen molar-refractivity contribution in [3.63, 3.8) is 0 Å². The summed E-state index contributed by atoms with van der Waals surface area (Å²) >= 11 is 0. The lowest BCUT2D eigenvalue weighted by molar-refractivity contribution is -0.137. The van der Waals surface area contributed by atoms with E-state index in [1.807, 2.05) is 20.8 Å². The number of methoxy groups -OCH3 is 1. The van der Waals surface area contributed by atoms with Crippen molar-refractivity contribution in [3.05, 3.63) is 0 Å². The minimum Gasteiger partial charge on any atom is -0.480 e. The summed E-state index contributed by atoms with van der Waals surface area (Å²) < 4.78 is 4.86. The summed E-state index contributed by atoms with van der Waals surface area (Å²) in [7, 11) is 1.51. The van der Waals surface area contributed by atoms with E-state index in [1.165, 1.54) is 12.0 Å². The Balaban J connectivity index is 4.40. The minimum atomic E-state index is -1.03. The molecule has 0 spiro atoms. The Kier molecular flexibility index (Phi) is 8.11. The van der Waals surface area contributed by atoms with E-state index in [2.05, 4.69) is 5.32 Å². The van der Waals surface area contributed by atoms with Gasteiger partial charge >= 0.3 is 12.0 Å². The van der Waals surface area contributed by atoms with Crippen LogP contribution in [0.2, 0.25) is 0 Å². The van der Waals surface area contributed by atoms with Gasteiger partial charge < -0.3 is 20.1 Å². The highest BCUT2D eigenvalue weighted by molar-refractivity contribution is 5.80. The third-order valence-electron chi connectivity index (χ3n) is 3.03. The number of carbonyl (C=O) groups is 2. The van der Waals surface area contributed by atoms with Gasteiger partial charge in [-0.25, -0.2) is 4.79 Å². The van der Waals surface area contributed by atoms with Crippen LogP contribution in [-0.4, -0.2) is 54.9 Å². The lowest BCUT2D eigenvalue weighted by atomic mass is 10.0. The highest BCUT2D eigenvalue weighted by Gasteiger charge is 2.20. The van der Waals surface area contributed by atoms with Crippen molar-refractivity contribution in [1.82, 2.24) is 10.2 Å². The molecule has 2 atom stereocenters. The Labute approximate surface area is 108 Å². The number of ether oxygens (including phenoxy) is 1. The summed E-state index contributed by atoms with van der Waals surface area (Å²) in [6.45, 7) is 6.28. The molecular weight excluding hydrogens is 236 g/mol. The molecule has 0 aromatic carbocycles. The lowest BCUT2D eigenvalue weighted by Gasteiger charge is -2.26. The minimum absolute atomic E-state index is 0.0151. The van der Waals surface area contributed by atoms with Gasteiger partial charge in [0.2, 0.25) is 0 Å². The number of carboxylic acid groups (broad SMARTS) is 1. The zero-order valence-corrected chi connectivity index (χ0v) is 11.6. The molecule has 0 fully saturated rings. The predicted octanol–water partition coefficient (Wildman–Crippen LogP) is 1.16. The highest BCUT2D eigenvalue weighted by atomic mass is 16.5. The summed E-state index contributed by atoms with van der Waals surface area (Å²) in [6.07, 6.45) is 0.957. The topological polar surface area (TPSA) is 78.9 Å². The second kappa shape index (κ2) is 8.74. The number of amides is 2. The van der Waals surface area contributed by atoms with Gasteiger partial charge in [0.15, 0.2) is 0 Å². The number of nitrogens with zero attached hydrogens (tertiary/aromatic N) is 1. The Bertz CT molecular complexity index is 271. The molecule has 18 heavy (non-hydrogen) atoms. The first-order chi connectivity index (χ1) is 8.42. The van der Waals surface area contributed by atoms with Crippen molar-refractivity contribution < 1.29 is 19.4 Å². The van der Waals surface area contributed by atoms with Crippen LogP contribution in [0.5, 0.6) is 0 Å². The number of nitrogens with one attached hydrogen (secondary N) is 1. The van der Waals surface area contributed by atoms with Gasteiger partial charge in [0.05, 0.1) is 6.61 Å². The van der Waals surface area contributed by atoms with E-state index in [0.29, 0.717) is 12.5 Å². The maximum atomic E-state index is 11.9. The second-order valence-electron chi connectivity index (χ2n) is 4.43. The van der Waals surface area contributed by atoms with Gasteiger partial charge in [-0.3, -0.25) is 4.79 Å². The quantitative estimate of drug-likeness (QED) is 0.686. The van der Waals surface area contributed by atoms with Gasteiger partial charge in [0.1, 0.15) is 6.54 Å². The van der Waals surface area contributed by atoms with E-state index in [-0.39, 0.29) is 25.2 Å². The number of carboxylic acids is 1. The van der Waals surface area contributed by atoms with Crippen LogP contribution in [0.15, 0.2) is 0 Å². The van der Waals surface area contributed by atoms with E-state index in [1.54, 1.807) is 0 Å². The number of hydrogen-bond donors (Lipinski definition) is 2. The Hall–Kier alpha value is -1.30. The molecule has 0 aliphatic carbocycles. The van der Waals surface area contributed by atoms with Gasteiger partial charge in [-0.05, 0) is 12.8 Å². The summed E-state index contributed by atoms with van der Waals surface area (Å²) in [5.41, 5.74) is 0. The molecule has 0 heterocycles. The number of carbonyl (C=O) groups excluding carboxylic acids is 1. The van der Waals surface area contributed by atoms with Gasteiger partial charge in [-0.2, -0.15) is 0 Å². The van der Waals surface area contributed by atoms with Crippen LogP contribution in [0.4, 0.5) is 4.79 Å². The van der Waals surface area contributed by atoms with Crippen molar-refractivity contribution >= 4 is 12.0 Å². The normalized spacial score (nSPS) is 13.8. The first kappa shape index (κ1) is 16.7. The number of aliphatic carboxylic acids is 1. The van der Waals surface area contributed by atoms with Crippen LogP contribution in [0.3, 0.4) is 0 Å². The molecule has 6 nitrogen and oxygen atoms in total. The SMILES string of the molecule is CCC(C)C(C)NC(=O)N(CCOC)CC(=O)O. The standard InChI is InChI=1S/C12H24N2O4/c1-5-9(2)10(3)13-12(17)14(6-7-18-4)8-11(15)16/h9-10H,5-8H2,1-4H3,(H,13,17)(H,15,16). The molecule has 0 aromatic rings. The molecule has 0 radical (unpaired) electrons. The average molecular weight is 260 g/mol. The average Bonchev–Trinajstić information content (AvgIpc) is 2.32. The van der Waals surface area contributed by atoms with Gasteiger partial charge in [0, 0.05) is 19.7 Å². The smallest absolute Gasteiger partial charge is 0.323 e. The molecule has 0 saturated heterocycles. The van der Waals surface area contributed by atoms with Crippen molar-refractivity contribution in [1.29, 1.82) is 0 Å². The summed E-state index contributed by atoms with van der Waals surface area (Å²) in [6, 6.07) is -0.344. The van der Waals surface area contributed by atoms with Gasteiger partial charge in [0.25, 0.3) is 0 Å². The van der Waals surface area contributed by atoms with Crippen LogP contribution in [-0.2, 0) is 9.53 Å². The van der Waals surface area contributed by atoms with Crippen molar-refractivity contribution in [2.24, 2.45) is 5.92 Å². The third kappa shape index (κ3) is 6.44. The maximum absolute atomic E-state index is 11.9. The monoisotopic (exact) mass is 260 g/mol. The second-order valence-corrected chi connectivity index (χ2v) is 4.43. The molecule has 6 heteroatoms. The Morgan fingerprint density at radius 2 is 2.00 bits per heavy atom. The molecule has 0 aromatic heterocycles. The van der Waals surface area contributed by atoms with Crippen LogP contribution in [0, 0.1) is 5.92 Å². The summed E-state index contributed by atoms with van der Waals surface area (Å²) in [5, 5.41) is 11.6. The van der Waals surface area contributed by atoms with E-state index >= 15 is 0 Å². The van der Waals surface area contributed by atoms with E-state index < -0.39 is 5.97 Å². The van der Waals surface area contributed by atoms with Crippen LogP contribution in [0.25, 0.3) is 0 Å². The van der Waals surface area contributed by atoms with Crippen LogP contribution in [0.1, 0.15) is 27.2 Å². The fraction of sp³-hybridized carbons (Fsp3) is 0.833. The maximum Gasteiger partial charge on any atom is 0.323 e. The lowest BCUT2D eigenvalue weighted by Crippen LogP contribution is -2.48. The molecule has 106 valence electrons. The molecule has 2 unspecified atom stereocenters. The molecule has 2 N–H and O–H groups in total. The molecular formula is C12H24N2O4.